The zero-order chi connectivity index (χ0) is 23.2. The minimum atomic E-state index is -3.58. The van der Waals surface area contributed by atoms with Gasteiger partial charge in [-0.2, -0.15) is 10.0 Å². The molecule has 0 unspecified atom stereocenters. The summed E-state index contributed by atoms with van der Waals surface area (Å²) >= 11 is 0.747. The molecule has 0 saturated carbocycles. The Morgan fingerprint density at radius 1 is 1.18 bits per heavy atom. The number of carbonyl (C=O) groups is 1. The number of hydrogen-bond donors (Lipinski definition) is 1. The second-order valence-corrected chi connectivity index (χ2v) is 10.3. The van der Waals surface area contributed by atoms with Crippen LogP contribution in [0.3, 0.4) is 0 Å². The molecule has 33 heavy (non-hydrogen) atoms. The van der Waals surface area contributed by atoms with Gasteiger partial charge in [0, 0.05) is 6.26 Å². The van der Waals surface area contributed by atoms with Crippen LogP contribution < -0.4 is 14.2 Å². The minimum absolute atomic E-state index is 0.00637. The smallest absolute Gasteiger partial charge is 0.283 e. The van der Waals surface area contributed by atoms with E-state index in [1.165, 1.54) is 6.08 Å². The third kappa shape index (κ3) is 4.22. The molecule has 3 aliphatic heterocycles. The van der Waals surface area contributed by atoms with Crippen molar-refractivity contribution in [3.05, 3.63) is 59.2 Å². The van der Waals surface area contributed by atoms with Crippen LogP contribution in [0.1, 0.15) is 11.1 Å². The molecule has 0 atom stereocenters. The molecule has 0 saturated heterocycles. The number of fused-ring (bicyclic) bond motifs is 2. The molecule has 3 aliphatic rings. The van der Waals surface area contributed by atoms with E-state index in [0.717, 1.165) is 28.6 Å². The molecule has 10 nitrogen and oxygen atoms in total. The van der Waals surface area contributed by atoms with E-state index in [4.69, 9.17) is 19.6 Å². The Labute approximate surface area is 193 Å². The summed E-state index contributed by atoms with van der Waals surface area (Å²) in [5.74, 6) is 1.15. The maximum Gasteiger partial charge on any atom is 0.283 e. The van der Waals surface area contributed by atoms with Crippen molar-refractivity contribution in [1.82, 2.24) is 5.01 Å². The number of ether oxygens (including phenoxy) is 3. The molecular weight excluding hydrogens is 468 g/mol. The maximum absolute atomic E-state index is 12.4. The summed E-state index contributed by atoms with van der Waals surface area (Å²) in [6.45, 7) is 0.552. The van der Waals surface area contributed by atoms with Crippen molar-refractivity contribution in [2.45, 2.75) is 6.61 Å². The number of nitrogens with one attached hydrogen (secondary N) is 1. The van der Waals surface area contributed by atoms with E-state index in [9.17, 15) is 13.2 Å². The van der Waals surface area contributed by atoms with Gasteiger partial charge in [0.1, 0.15) is 12.4 Å². The normalized spacial score (nSPS) is 18.3. The van der Waals surface area contributed by atoms with E-state index in [-0.39, 0.29) is 27.7 Å². The van der Waals surface area contributed by atoms with E-state index >= 15 is 0 Å². The van der Waals surface area contributed by atoms with Crippen LogP contribution in [-0.4, -0.2) is 47.8 Å². The number of amidine groups is 2. The van der Waals surface area contributed by atoms with Crippen molar-refractivity contribution >= 4 is 49.0 Å². The molecule has 2 aromatic rings. The van der Waals surface area contributed by atoms with Crippen LogP contribution in [0.2, 0.25) is 0 Å². The van der Waals surface area contributed by atoms with Crippen LogP contribution in [-0.2, 0) is 21.2 Å². The van der Waals surface area contributed by atoms with Gasteiger partial charge in [-0.25, -0.2) is 8.42 Å². The molecule has 12 heteroatoms. The molecule has 0 fully saturated rings. The van der Waals surface area contributed by atoms with E-state index in [2.05, 4.69) is 10.1 Å². The first kappa shape index (κ1) is 21.2. The topological polar surface area (TPSA) is 131 Å². The number of sulfone groups is 1. The van der Waals surface area contributed by atoms with Crippen molar-refractivity contribution in [3.8, 4) is 17.2 Å². The van der Waals surface area contributed by atoms with Crippen LogP contribution in [0.4, 0.5) is 0 Å². The van der Waals surface area contributed by atoms with E-state index in [0.29, 0.717) is 29.4 Å². The summed E-state index contributed by atoms with van der Waals surface area (Å²) in [5.41, 5.74) is 1.58. The lowest BCUT2D eigenvalue weighted by Gasteiger charge is -2.20. The van der Waals surface area contributed by atoms with Crippen LogP contribution in [0.25, 0.3) is 6.08 Å². The average molecular weight is 485 g/mol. The molecule has 0 bridgehead atoms. The molecule has 1 amide bonds. The van der Waals surface area contributed by atoms with Crippen LogP contribution in [0, 0.1) is 5.41 Å². The van der Waals surface area contributed by atoms with Crippen molar-refractivity contribution < 1.29 is 27.4 Å². The number of benzene rings is 2. The molecule has 0 radical (unpaired) electrons. The number of hydrogen-bond acceptors (Lipinski definition) is 9. The first-order valence-electron chi connectivity index (χ1n) is 9.59. The lowest BCUT2D eigenvalue weighted by molar-refractivity contribution is -0.114. The highest BCUT2D eigenvalue weighted by atomic mass is 32.3. The Kier molecular flexibility index (Phi) is 5.17. The Balaban J connectivity index is 1.29. The van der Waals surface area contributed by atoms with Gasteiger partial charge >= 0.3 is 0 Å². The molecular formula is C21H16N4O6S2. The van der Waals surface area contributed by atoms with E-state index < -0.39 is 15.7 Å². The Bertz CT molecular complexity index is 1380. The lowest BCUT2D eigenvalue weighted by Crippen LogP contribution is -2.35. The Morgan fingerprint density at radius 3 is 2.70 bits per heavy atom. The number of rotatable bonds is 4. The largest absolute Gasteiger partial charge is 0.489 e. The summed E-state index contributed by atoms with van der Waals surface area (Å²) in [4.78, 5) is 16.3. The third-order valence-electron chi connectivity index (χ3n) is 4.79. The second-order valence-electron chi connectivity index (χ2n) is 7.20. The lowest BCUT2D eigenvalue weighted by atomic mass is 10.1. The highest BCUT2D eigenvalue weighted by Gasteiger charge is 2.38. The average Bonchev–Trinajstić information content (AvgIpc) is 3.42. The zero-order valence-corrected chi connectivity index (χ0v) is 18.8. The van der Waals surface area contributed by atoms with Crippen molar-refractivity contribution in [1.29, 1.82) is 5.41 Å². The molecule has 5 rings (SSSR count). The summed E-state index contributed by atoms with van der Waals surface area (Å²) in [6.07, 6.45) is 2.52. The van der Waals surface area contributed by atoms with Gasteiger partial charge in [-0.1, -0.05) is 18.2 Å². The molecule has 2 aromatic carbocycles. The SMILES string of the molecule is CS(=O)(=O)C1=NN2C(=N)/C(=C\c3ccc(OCc4ccc5c(c4)OCO5)cc3)C(=O)N=C2S1. The molecule has 168 valence electrons. The zero-order valence-electron chi connectivity index (χ0n) is 17.1. The molecule has 0 spiro atoms. The van der Waals surface area contributed by atoms with Gasteiger partial charge in [-0.05, 0) is 53.2 Å². The fourth-order valence-corrected chi connectivity index (χ4v) is 4.83. The van der Waals surface area contributed by atoms with Crippen molar-refractivity contribution in [2.24, 2.45) is 10.1 Å². The summed E-state index contributed by atoms with van der Waals surface area (Å²) < 4.78 is 39.7. The highest BCUT2D eigenvalue weighted by Crippen LogP contribution is 2.33. The Hall–Kier alpha value is -3.64. The van der Waals surface area contributed by atoms with Gasteiger partial charge in [0.2, 0.25) is 26.2 Å². The van der Waals surface area contributed by atoms with Gasteiger partial charge in [0.05, 0.1) is 5.57 Å². The monoisotopic (exact) mass is 484 g/mol. The van der Waals surface area contributed by atoms with Crippen molar-refractivity contribution in [3.63, 3.8) is 0 Å². The van der Waals surface area contributed by atoms with Gasteiger partial charge in [0.25, 0.3) is 5.91 Å². The Morgan fingerprint density at radius 2 is 1.94 bits per heavy atom. The summed E-state index contributed by atoms with van der Waals surface area (Å²) in [6, 6.07) is 12.6. The number of thioether (sulfide) groups is 1. The second kappa shape index (κ2) is 8.05. The van der Waals surface area contributed by atoms with E-state index in [1.54, 1.807) is 24.3 Å². The number of aliphatic imine (C=N–C) groups is 1. The summed E-state index contributed by atoms with van der Waals surface area (Å²) in [7, 11) is -3.58. The maximum atomic E-state index is 12.4. The van der Waals surface area contributed by atoms with Crippen LogP contribution in [0.15, 0.2) is 58.1 Å². The predicted molar refractivity (Wildman–Crippen MR) is 123 cm³/mol. The quantitative estimate of drug-likeness (QED) is 0.656. The predicted octanol–water partition coefficient (Wildman–Crippen LogP) is 2.62. The first-order chi connectivity index (χ1) is 15.8. The van der Waals surface area contributed by atoms with Gasteiger partial charge in [-0.15, -0.1) is 5.10 Å². The number of hydrazone groups is 1. The number of amides is 1. The van der Waals surface area contributed by atoms with Crippen LogP contribution >= 0.6 is 11.8 Å². The van der Waals surface area contributed by atoms with Crippen molar-refractivity contribution in [2.75, 3.05) is 13.0 Å². The minimum Gasteiger partial charge on any atom is -0.489 e. The number of carbonyl (C=O) groups excluding carboxylic acids is 1. The molecule has 3 heterocycles. The standard InChI is InChI=1S/C21H16N4O6S2/c1-33(27,28)21-24-25-18(22)15(19(26)23-20(25)32-21)8-12-2-5-14(6-3-12)29-10-13-4-7-16-17(9-13)31-11-30-16/h2-9,22H,10-11H2,1H3/b15-8+,22-18?. The summed E-state index contributed by atoms with van der Waals surface area (Å²) in [5, 5.41) is 13.3. The van der Waals surface area contributed by atoms with E-state index in [1.807, 2.05) is 18.2 Å². The van der Waals surface area contributed by atoms with Gasteiger partial charge in [0.15, 0.2) is 17.3 Å². The fourth-order valence-electron chi connectivity index (χ4n) is 3.15. The number of nitrogens with zero attached hydrogens (tertiary/aromatic N) is 3. The molecule has 0 aromatic heterocycles. The van der Waals surface area contributed by atoms with Crippen LogP contribution in [0.5, 0.6) is 17.2 Å². The first-order valence-corrected chi connectivity index (χ1v) is 12.3. The van der Waals surface area contributed by atoms with Gasteiger partial charge < -0.3 is 14.2 Å². The fraction of sp³-hybridized carbons (Fsp3) is 0.143. The third-order valence-corrected chi connectivity index (χ3v) is 7.36. The van der Waals surface area contributed by atoms with Gasteiger partial charge in [-0.3, -0.25) is 10.2 Å². The highest BCUT2D eigenvalue weighted by molar-refractivity contribution is 8.42. The molecule has 0 aliphatic carbocycles. The molecule has 1 N–H and O–H groups in total.